The normalized spacial score (nSPS) is 14.8. The second-order valence-corrected chi connectivity index (χ2v) is 13.6. The summed E-state index contributed by atoms with van der Waals surface area (Å²) < 4.78 is 2.60. The monoisotopic (exact) mass is 593 g/mol. The maximum absolute atomic E-state index is 2.60. The van der Waals surface area contributed by atoms with Gasteiger partial charge in [0.2, 0.25) is 0 Å². The molecular formula is C46H27N. The van der Waals surface area contributed by atoms with E-state index in [-0.39, 0.29) is 0 Å². The highest BCUT2D eigenvalue weighted by atomic mass is 14.9. The summed E-state index contributed by atoms with van der Waals surface area (Å²) in [5.41, 5.74) is 16.0. The van der Waals surface area contributed by atoms with Crippen LogP contribution in [0.1, 0.15) is 33.4 Å². The van der Waals surface area contributed by atoms with Crippen LogP contribution < -0.4 is 10.6 Å². The topological polar surface area (TPSA) is 4.41 Å². The minimum Gasteiger partial charge on any atom is -0.308 e. The van der Waals surface area contributed by atoms with Crippen molar-refractivity contribution in [3.05, 3.63) is 183 Å². The summed E-state index contributed by atoms with van der Waals surface area (Å²) in [4.78, 5) is 0. The highest BCUT2D eigenvalue weighted by molar-refractivity contribution is 6.23. The standard InChI is InChI=1S/C46H27N/c1-2-13-29-24-41-34(22-21-27(29)11-1)36-26-35-33-17-7-10-20-40(33)46(38-18-8-5-15-31(38)32-16-6-9-19-39(32)46)44(35)43-37-23-28-12-3-4-14-30(28)25-42(37)47(41)45(36)43/h1-20,22-26H,21H2. The predicted molar refractivity (Wildman–Crippen MR) is 195 cm³/mol. The molecule has 0 radical (unpaired) electrons. The van der Waals surface area contributed by atoms with Crippen molar-refractivity contribution in [2.24, 2.45) is 0 Å². The molecule has 0 unspecified atom stereocenters. The van der Waals surface area contributed by atoms with Gasteiger partial charge in [-0.25, -0.2) is 0 Å². The molecule has 0 bridgehead atoms. The molecule has 3 aliphatic carbocycles. The van der Waals surface area contributed by atoms with Gasteiger partial charge in [0.1, 0.15) is 0 Å². The van der Waals surface area contributed by atoms with Gasteiger partial charge < -0.3 is 4.40 Å². The van der Waals surface area contributed by atoms with Crippen LogP contribution in [0.25, 0.3) is 72.4 Å². The summed E-state index contributed by atoms with van der Waals surface area (Å²) in [5, 5.41) is 9.28. The van der Waals surface area contributed by atoms with Crippen LogP contribution in [0.5, 0.6) is 0 Å². The van der Waals surface area contributed by atoms with Gasteiger partial charge in [-0.3, -0.25) is 0 Å². The van der Waals surface area contributed by atoms with Gasteiger partial charge in [-0.2, -0.15) is 0 Å². The summed E-state index contributed by atoms with van der Waals surface area (Å²) in [6.45, 7) is 0. The lowest BCUT2D eigenvalue weighted by Crippen LogP contribution is -2.26. The lowest BCUT2D eigenvalue weighted by molar-refractivity contribution is 0.802. The van der Waals surface area contributed by atoms with Crippen LogP contribution in [0.3, 0.4) is 0 Å². The fourth-order valence-corrected chi connectivity index (χ4v) is 9.77. The third-order valence-electron chi connectivity index (χ3n) is 11.5. The average molecular weight is 594 g/mol. The minimum absolute atomic E-state index is 0.400. The Balaban J connectivity index is 1.39. The number of benzene rings is 7. The Morgan fingerprint density at radius 2 is 1.13 bits per heavy atom. The first-order valence-electron chi connectivity index (χ1n) is 16.7. The van der Waals surface area contributed by atoms with E-state index in [4.69, 9.17) is 0 Å². The second-order valence-electron chi connectivity index (χ2n) is 13.6. The maximum Gasteiger partial charge on any atom is 0.0732 e. The predicted octanol–water partition coefficient (Wildman–Crippen LogP) is 9.35. The first-order valence-corrected chi connectivity index (χ1v) is 16.7. The molecule has 0 amide bonds. The molecule has 2 heterocycles. The third kappa shape index (κ3) is 2.72. The molecule has 1 nitrogen and oxygen atoms in total. The van der Waals surface area contributed by atoms with Gasteiger partial charge in [0, 0.05) is 21.4 Å². The molecule has 0 aliphatic heterocycles. The van der Waals surface area contributed by atoms with Crippen molar-refractivity contribution in [1.29, 1.82) is 0 Å². The van der Waals surface area contributed by atoms with Gasteiger partial charge >= 0.3 is 0 Å². The lowest BCUT2D eigenvalue weighted by atomic mass is 9.69. The molecule has 0 N–H and O–H groups in total. The molecule has 1 spiro atoms. The van der Waals surface area contributed by atoms with E-state index in [9.17, 15) is 0 Å². The summed E-state index contributed by atoms with van der Waals surface area (Å²) in [7, 11) is 0. The Morgan fingerprint density at radius 3 is 1.85 bits per heavy atom. The molecule has 0 fully saturated rings. The molecule has 216 valence electrons. The van der Waals surface area contributed by atoms with E-state index in [1.54, 1.807) is 0 Å². The van der Waals surface area contributed by atoms with Crippen LogP contribution in [0.4, 0.5) is 0 Å². The van der Waals surface area contributed by atoms with Crippen molar-refractivity contribution in [1.82, 2.24) is 4.40 Å². The van der Waals surface area contributed by atoms with Crippen molar-refractivity contribution in [2.45, 2.75) is 11.8 Å². The van der Waals surface area contributed by atoms with Gasteiger partial charge in [0.25, 0.3) is 0 Å². The Labute approximate surface area is 271 Å². The van der Waals surface area contributed by atoms with Gasteiger partial charge in [-0.15, -0.1) is 0 Å². The molecule has 3 aliphatic rings. The fourth-order valence-electron chi connectivity index (χ4n) is 9.77. The van der Waals surface area contributed by atoms with Crippen LogP contribution >= 0.6 is 0 Å². The van der Waals surface area contributed by atoms with Gasteiger partial charge in [0.15, 0.2) is 0 Å². The quantitative estimate of drug-likeness (QED) is 0.165. The summed E-state index contributed by atoms with van der Waals surface area (Å²) >= 11 is 0. The smallest absolute Gasteiger partial charge is 0.0732 e. The highest BCUT2D eigenvalue weighted by Gasteiger charge is 2.53. The molecule has 0 atom stereocenters. The second kappa shape index (κ2) is 8.26. The maximum atomic E-state index is 2.60. The SMILES string of the molecule is C1=c2c(n3c4cc5ccccc5cc4c4c5c(cc2c43)-c2ccccc2C52c3ccccc3-c3ccccc32)=Cc2ccccc2C1. The number of hydrogen-bond donors (Lipinski definition) is 0. The third-order valence-corrected chi connectivity index (χ3v) is 11.5. The van der Waals surface area contributed by atoms with Crippen molar-refractivity contribution in [3.63, 3.8) is 0 Å². The molecule has 0 saturated carbocycles. The zero-order valence-electron chi connectivity index (χ0n) is 25.6. The highest BCUT2D eigenvalue weighted by Crippen LogP contribution is 2.64. The molecule has 12 rings (SSSR count). The largest absolute Gasteiger partial charge is 0.308 e. The van der Waals surface area contributed by atoms with E-state index in [0.717, 1.165) is 6.42 Å². The van der Waals surface area contributed by atoms with E-state index in [1.165, 1.54) is 104 Å². The van der Waals surface area contributed by atoms with Crippen LogP contribution in [-0.4, -0.2) is 4.40 Å². The number of hydrogen-bond acceptors (Lipinski definition) is 0. The van der Waals surface area contributed by atoms with E-state index < -0.39 is 5.41 Å². The molecule has 9 aromatic rings. The molecule has 0 saturated heterocycles. The molecule has 1 heteroatoms. The zero-order valence-corrected chi connectivity index (χ0v) is 25.6. The zero-order chi connectivity index (χ0) is 30.4. The van der Waals surface area contributed by atoms with Crippen molar-refractivity contribution < 1.29 is 0 Å². The molecule has 2 aromatic heterocycles. The Hall–Kier alpha value is -5.92. The fraction of sp³-hybridized carbons (Fsp3) is 0.0435. The number of nitrogens with zero attached hydrogens (tertiary/aromatic N) is 1. The summed E-state index contributed by atoms with van der Waals surface area (Å²) in [6, 6.07) is 52.7. The average Bonchev–Trinajstić information content (AvgIpc) is 3.76. The van der Waals surface area contributed by atoms with Gasteiger partial charge in [-0.1, -0.05) is 127 Å². The van der Waals surface area contributed by atoms with E-state index in [0.29, 0.717) is 0 Å². The van der Waals surface area contributed by atoms with Crippen molar-refractivity contribution >= 4 is 50.1 Å². The number of aromatic nitrogens is 1. The summed E-state index contributed by atoms with van der Waals surface area (Å²) in [6.07, 6.45) is 5.85. The van der Waals surface area contributed by atoms with E-state index in [2.05, 4.69) is 156 Å². The Morgan fingerprint density at radius 1 is 0.532 bits per heavy atom. The van der Waals surface area contributed by atoms with E-state index in [1.807, 2.05) is 0 Å². The van der Waals surface area contributed by atoms with Crippen LogP contribution in [-0.2, 0) is 11.8 Å². The van der Waals surface area contributed by atoms with Crippen molar-refractivity contribution in [2.75, 3.05) is 0 Å². The molecule has 47 heavy (non-hydrogen) atoms. The van der Waals surface area contributed by atoms with Crippen LogP contribution in [0, 0.1) is 0 Å². The van der Waals surface area contributed by atoms with E-state index >= 15 is 0 Å². The Bertz CT molecular complexity index is 2940. The number of rotatable bonds is 0. The van der Waals surface area contributed by atoms with Gasteiger partial charge in [0.05, 0.1) is 21.8 Å². The molecule has 7 aromatic carbocycles. The summed E-state index contributed by atoms with van der Waals surface area (Å²) in [5.74, 6) is 0. The van der Waals surface area contributed by atoms with Crippen molar-refractivity contribution in [3.8, 4) is 22.3 Å². The first-order chi connectivity index (χ1) is 23.3. The van der Waals surface area contributed by atoms with Gasteiger partial charge in [-0.05, 0) is 97.1 Å². The minimum atomic E-state index is -0.400. The lowest BCUT2D eigenvalue weighted by Gasteiger charge is -2.31. The molecular weight excluding hydrogens is 567 g/mol. The Kier molecular flexibility index (Phi) is 4.28. The first kappa shape index (κ1) is 24.3. The number of fused-ring (bicyclic) bond motifs is 19. The van der Waals surface area contributed by atoms with Crippen LogP contribution in [0.15, 0.2) is 140 Å². The van der Waals surface area contributed by atoms with Crippen LogP contribution in [0.2, 0.25) is 0 Å².